The summed E-state index contributed by atoms with van der Waals surface area (Å²) in [6.07, 6.45) is 4.65. The van der Waals surface area contributed by atoms with E-state index in [9.17, 15) is 0 Å². The molecule has 1 N–H and O–H groups in total. The third-order valence-corrected chi connectivity index (χ3v) is 7.52. The van der Waals surface area contributed by atoms with Crippen LogP contribution in [0, 0.1) is 6.92 Å². The van der Waals surface area contributed by atoms with Crippen molar-refractivity contribution in [2.75, 3.05) is 30.4 Å². The lowest BCUT2D eigenvalue weighted by Crippen LogP contribution is -2.32. The Labute approximate surface area is 208 Å². The number of nitrogens with one attached hydrogen (secondary N) is 1. The number of hydrogen-bond donors (Lipinski definition) is 1. The Kier molecular flexibility index (Phi) is 5.10. The molecule has 3 aromatic rings. The molecule has 6 rings (SSSR count). The van der Waals surface area contributed by atoms with E-state index in [-0.39, 0.29) is 11.6 Å². The predicted molar refractivity (Wildman–Crippen MR) is 145 cm³/mol. The molecule has 35 heavy (non-hydrogen) atoms. The van der Waals surface area contributed by atoms with Crippen LogP contribution in [0.1, 0.15) is 62.0 Å². The molecule has 0 amide bonds. The number of fused-ring (bicyclic) bond motifs is 5. The molecule has 180 valence electrons. The average Bonchev–Trinajstić information content (AvgIpc) is 3.36. The molecule has 3 heterocycles. The molecule has 0 aromatic heterocycles. The minimum absolute atomic E-state index is 0.0990. The van der Waals surface area contributed by atoms with Gasteiger partial charge in [0.05, 0.1) is 18.2 Å². The molecule has 1 fully saturated rings. The molecule has 3 aliphatic rings. The number of hydrogen-bond acceptors (Lipinski definition) is 4. The van der Waals surface area contributed by atoms with Gasteiger partial charge >= 0.3 is 0 Å². The van der Waals surface area contributed by atoms with E-state index in [1.807, 2.05) is 12.1 Å². The zero-order valence-corrected chi connectivity index (χ0v) is 21.4. The van der Waals surface area contributed by atoms with Gasteiger partial charge in [-0.3, -0.25) is 0 Å². The van der Waals surface area contributed by atoms with Gasteiger partial charge in [-0.15, -0.1) is 0 Å². The van der Waals surface area contributed by atoms with Crippen LogP contribution in [0.2, 0.25) is 0 Å². The molecular weight excluding hydrogens is 432 g/mol. The summed E-state index contributed by atoms with van der Waals surface area (Å²) in [7, 11) is 1.73. The van der Waals surface area contributed by atoms with Crippen LogP contribution in [-0.4, -0.2) is 25.7 Å². The minimum Gasteiger partial charge on any atom is -0.496 e. The van der Waals surface area contributed by atoms with Gasteiger partial charge in [-0.1, -0.05) is 24.3 Å². The molecule has 1 unspecified atom stereocenters. The van der Waals surface area contributed by atoms with Gasteiger partial charge in [0.25, 0.3) is 0 Å². The van der Waals surface area contributed by atoms with Gasteiger partial charge in [-0.2, -0.15) is 0 Å². The second-order valence-electron chi connectivity index (χ2n) is 10.8. The van der Waals surface area contributed by atoms with Gasteiger partial charge in [0.15, 0.2) is 6.10 Å². The third-order valence-electron chi connectivity index (χ3n) is 7.52. The van der Waals surface area contributed by atoms with Crippen LogP contribution in [0.4, 0.5) is 11.4 Å². The van der Waals surface area contributed by atoms with E-state index in [1.165, 1.54) is 51.9 Å². The largest absolute Gasteiger partial charge is 0.496 e. The molecule has 3 aliphatic heterocycles. The number of rotatable bonds is 3. The molecule has 0 spiro atoms. The monoisotopic (exact) mass is 466 g/mol. The summed E-state index contributed by atoms with van der Waals surface area (Å²) in [5.74, 6) is 1.71. The molecular formula is C31H34N2O2. The second-order valence-corrected chi connectivity index (χ2v) is 10.8. The van der Waals surface area contributed by atoms with Crippen molar-refractivity contribution in [2.45, 2.75) is 52.2 Å². The molecule has 1 atom stereocenters. The third kappa shape index (κ3) is 3.67. The molecule has 0 saturated carbocycles. The van der Waals surface area contributed by atoms with Crippen LogP contribution < -0.4 is 19.7 Å². The highest BCUT2D eigenvalue weighted by molar-refractivity contribution is 5.92. The van der Waals surface area contributed by atoms with E-state index in [0.717, 1.165) is 35.8 Å². The molecule has 0 radical (unpaired) electrons. The first-order valence-electron chi connectivity index (χ1n) is 12.7. The van der Waals surface area contributed by atoms with Crippen molar-refractivity contribution in [3.63, 3.8) is 0 Å². The summed E-state index contributed by atoms with van der Waals surface area (Å²) in [6, 6.07) is 17.5. The Balaban J connectivity index is 1.60. The van der Waals surface area contributed by atoms with Crippen LogP contribution in [0.15, 0.2) is 54.6 Å². The van der Waals surface area contributed by atoms with Crippen molar-refractivity contribution in [1.29, 1.82) is 0 Å². The molecule has 4 nitrogen and oxygen atoms in total. The molecule has 4 heteroatoms. The van der Waals surface area contributed by atoms with Crippen LogP contribution in [0.3, 0.4) is 0 Å². The van der Waals surface area contributed by atoms with Crippen LogP contribution >= 0.6 is 0 Å². The summed E-state index contributed by atoms with van der Waals surface area (Å²) in [5, 5.41) is 3.74. The maximum Gasteiger partial charge on any atom is 0.150 e. The number of ether oxygens (including phenoxy) is 2. The summed E-state index contributed by atoms with van der Waals surface area (Å²) in [4.78, 5) is 2.51. The molecule has 0 aliphatic carbocycles. The van der Waals surface area contributed by atoms with Crippen molar-refractivity contribution >= 4 is 16.9 Å². The summed E-state index contributed by atoms with van der Waals surface area (Å²) in [5.41, 5.74) is 10.8. The fourth-order valence-electron chi connectivity index (χ4n) is 6.20. The van der Waals surface area contributed by atoms with E-state index >= 15 is 0 Å². The first-order chi connectivity index (χ1) is 16.8. The number of benzene rings is 3. The normalized spacial score (nSPS) is 19.6. The van der Waals surface area contributed by atoms with Crippen molar-refractivity contribution in [2.24, 2.45) is 0 Å². The number of nitrogens with zero attached hydrogens (tertiary/aromatic N) is 1. The molecule has 0 bridgehead atoms. The van der Waals surface area contributed by atoms with E-state index in [0.29, 0.717) is 0 Å². The van der Waals surface area contributed by atoms with Gasteiger partial charge in [0.2, 0.25) is 0 Å². The summed E-state index contributed by atoms with van der Waals surface area (Å²) < 4.78 is 12.7. The van der Waals surface area contributed by atoms with E-state index in [4.69, 9.17) is 9.47 Å². The zero-order chi connectivity index (χ0) is 24.3. The Bertz CT molecular complexity index is 1350. The first kappa shape index (κ1) is 22.1. The van der Waals surface area contributed by atoms with Crippen LogP contribution in [0.5, 0.6) is 11.5 Å². The highest BCUT2D eigenvalue weighted by atomic mass is 16.5. The van der Waals surface area contributed by atoms with Gasteiger partial charge in [-0.05, 0) is 93.1 Å². The van der Waals surface area contributed by atoms with Crippen molar-refractivity contribution in [3.8, 4) is 22.6 Å². The standard InChI is InChI=1S/C31H34N2O2/c1-19-15-21(17-22(16-19)33-13-6-7-14-33)30-29-23(28-25(34-5)9-8-10-26(28)35-30)11-12-24-27(29)20(2)18-31(3,4)32-24/h8-12,15-18,30,32H,6-7,13-14H2,1-5H3. The van der Waals surface area contributed by atoms with Crippen LogP contribution in [-0.2, 0) is 0 Å². The maximum absolute atomic E-state index is 6.87. The quantitative estimate of drug-likeness (QED) is 0.437. The number of anilines is 2. The second kappa shape index (κ2) is 8.08. The van der Waals surface area contributed by atoms with Crippen molar-refractivity contribution in [3.05, 3.63) is 76.9 Å². The Morgan fingerprint density at radius 2 is 1.80 bits per heavy atom. The van der Waals surface area contributed by atoms with E-state index in [1.54, 1.807) is 7.11 Å². The van der Waals surface area contributed by atoms with Gasteiger partial charge in [-0.25, -0.2) is 0 Å². The average molecular weight is 467 g/mol. The van der Waals surface area contributed by atoms with Crippen molar-refractivity contribution < 1.29 is 9.47 Å². The summed E-state index contributed by atoms with van der Waals surface area (Å²) >= 11 is 0. The Hall–Kier alpha value is -3.40. The van der Waals surface area contributed by atoms with Gasteiger partial charge in [0, 0.05) is 35.6 Å². The first-order valence-corrected chi connectivity index (χ1v) is 12.7. The molecule has 3 aromatic carbocycles. The SMILES string of the molecule is COc1cccc2c1-c1ccc3c(c1C(c1cc(C)cc(N4CCCC4)c1)O2)C(C)=CC(C)(C)N3. The Morgan fingerprint density at radius 1 is 1.00 bits per heavy atom. The number of aryl methyl sites for hydroxylation is 1. The highest BCUT2D eigenvalue weighted by Crippen LogP contribution is 2.53. The number of allylic oxidation sites excluding steroid dienone is 1. The lowest BCUT2D eigenvalue weighted by Gasteiger charge is -2.37. The van der Waals surface area contributed by atoms with Gasteiger partial charge in [0.1, 0.15) is 11.5 Å². The van der Waals surface area contributed by atoms with Crippen molar-refractivity contribution in [1.82, 2.24) is 0 Å². The van der Waals surface area contributed by atoms with E-state index < -0.39 is 0 Å². The fourth-order valence-corrected chi connectivity index (χ4v) is 6.20. The van der Waals surface area contributed by atoms with Gasteiger partial charge < -0.3 is 19.7 Å². The Morgan fingerprint density at radius 3 is 2.57 bits per heavy atom. The lowest BCUT2D eigenvalue weighted by molar-refractivity contribution is 0.241. The predicted octanol–water partition coefficient (Wildman–Crippen LogP) is 7.36. The number of methoxy groups -OCH3 is 1. The fraction of sp³-hybridized carbons (Fsp3) is 0.355. The highest BCUT2D eigenvalue weighted by Gasteiger charge is 2.36. The maximum atomic E-state index is 6.87. The van der Waals surface area contributed by atoms with Crippen LogP contribution in [0.25, 0.3) is 16.7 Å². The molecule has 1 saturated heterocycles. The minimum atomic E-state index is -0.202. The summed E-state index contributed by atoms with van der Waals surface area (Å²) in [6.45, 7) is 11.1. The topological polar surface area (TPSA) is 33.7 Å². The lowest BCUT2D eigenvalue weighted by atomic mass is 9.80. The van der Waals surface area contributed by atoms with E-state index in [2.05, 4.69) is 80.4 Å². The zero-order valence-electron chi connectivity index (χ0n) is 21.4. The smallest absolute Gasteiger partial charge is 0.150 e.